The number of nitrogens with one attached hydrogen (secondary N) is 1. The average molecular weight is 410 g/mol. The number of imide groups is 1. The first kappa shape index (κ1) is 14.4. The Labute approximate surface area is 140 Å². The van der Waals surface area contributed by atoms with Gasteiger partial charge in [0.05, 0.1) is 5.69 Å². The van der Waals surface area contributed by atoms with Gasteiger partial charge in [0.25, 0.3) is 11.1 Å². The summed E-state index contributed by atoms with van der Waals surface area (Å²) in [6, 6.07) is 16.7. The third kappa shape index (κ3) is 3.06. The Morgan fingerprint density at radius 2 is 1.67 bits per heavy atom. The normalized spacial score (nSPS) is 18.1. The molecule has 2 aromatic rings. The van der Waals surface area contributed by atoms with Crippen LogP contribution < -0.4 is 10.2 Å². The summed E-state index contributed by atoms with van der Waals surface area (Å²) in [5.41, 5.74) is 1.43. The highest BCUT2D eigenvalue weighted by Crippen LogP contribution is 2.32. The van der Waals surface area contributed by atoms with E-state index in [9.17, 15) is 9.59 Å². The highest BCUT2D eigenvalue weighted by atomic mass is 127. The van der Waals surface area contributed by atoms with Crippen LogP contribution in [0, 0.1) is 3.57 Å². The number of benzene rings is 2. The van der Waals surface area contributed by atoms with Crippen LogP contribution in [0.5, 0.6) is 0 Å². The lowest BCUT2D eigenvalue weighted by Gasteiger charge is -2.14. The number of halogens is 1. The minimum Gasteiger partial charge on any atom is -0.365 e. The molecule has 0 bridgehead atoms. The van der Waals surface area contributed by atoms with Gasteiger partial charge in [-0.15, -0.1) is 0 Å². The van der Waals surface area contributed by atoms with E-state index in [0.717, 1.165) is 21.0 Å². The van der Waals surface area contributed by atoms with Crippen molar-refractivity contribution in [3.63, 3.8) is 0 Å². The molecule has 1 aliphatic heterocycles. The van der Waals surface area contributed by atoms with Crippen LogP contribution in [0.3, 0.4) is 0 Å². The molecule has 4 nitrogen and oxygen atoms in total. The van der Waals surface area contributed by atoms with Gasteiger partial charge in [0.2, 0.25) is 0 Å². The number of hydrogen-bond donors (Lipinski definition) is 1. The van der Waals surface area contributed by atoms with Crippen molar-refractivity contribution in [1.82, 2.24) is 0 Å². The molecule has 1 aliphatic rings. The Hall–Kier alpha value is -1.54. The lowest BCUT2D eigenvalue weighted by Crippen LogP contribution is -2.34. The zero-order chi connectivity index (χ0) is 14.8. The molecule has 2 aromatic carbocycles. The van der Waals surface area contributed by atoms with Gasteiger partial charge >= 0.3 is 0 Å². The maximum atomic E-state index is 12.4. The average Bonchev–Trinajstić information content (AvgIpc) is 2.77. The molecule has 1 heterocycles. The number of para-hydroxylation sites is 1. The molecule has 0 aliphatic carbocycles. The van der Waals surface area contributed by atoms with Crippen molar-refractivity contribution in [2.24, 2.45) is 0 Å². The molecule has 106 valence electrons. The summed E-state index contributed by atoms with van der Waals surface area (Å²) in [6.45, 7) is 0. The molecule has 2 amide bonds. The van der Waals surface area contributed by atoms with Crippen molar-refractivity contribution in [3.05, 3.63) is 58.2 Å². The second kappa shape index (κ2) is 6.07. The van der Waals surface area contributed by atoms with Crippen molar-refractivity contribution >= 4 is 56.9 Å². The third-order valence-corrected chi connectivity index (χ3v) is 4.66. The Kier molecular flexibility index (Phi) is 4.16. The molecule has 0 unspecified atom stereocenters. The summed E-state index contributed by atoms with van der Waals surface area (Å²) in [7, 11) is 0. The highest BCUT2D eigenvalue weighted by molar-refractivity contribution is 14.1. The second-order valence-electron chi connectivity index (χ2n) is 4.42. The van der Waals surface area contributed by atoms with Gasteiger partial charge in [-0.3, -0.25) is 9.59 Å². The molecular formula is C15H11IN2O2S. The first-order valence-electron chi connectivity index (χ1n) is 6.27. The quantitative estimate of drug-likeness (QED) is 0.780. The van der Waals surface area contributed by atoms with E-state index in [1.807, 2.05) is 30.3 Å². The first-order valence-corrected chi connectivity index (χ1v) is 8.23. The van der Waals surface area contributed by atoms with E-state index in [0.29, 0.717) is 5.69 Å². The predicted molar refractivity (Wildman–Crippen MR) is 93.5 cm³/mol. The van der Waals surface area contributed by atoms with E-state index < -0.39 is 5.37 Å². The lowest BCUT2D eigenvalue weighted by molar-refractivity contribution is -0.116. The van der Waals surface area contributed by atoms with Crippen molar-refractivity contribution < 1.29 is 9.59 Å². The number of anilines is 2. The first-order chi connectivity index (χ1) is 10.1. The molecule has 1 N–H and O–H groups in total. The van der Waals surface area contributed by atoms with Crippen LogP contribution in [0.4, 0.5) is 16.2 Å². The fourth-order valence-corrected chi connectivity index (χ4v) is 3.27. The molecule has 21 heavy (non-hydrogen) atoms. The van der Waals surface area contributed by atoms with Crippen LogP contribution in [0.25, 0.3) is 0 Å². The summed E-state index contributed by atoms with van der Waals surface area (Å²) in [5.74, 6) is -0.241. The molecule has 3 rings (SSSR count). The molecule has 0 spiro atoms. The van der Waals surface area contributed by atoms with Crippen LogP contribution in [0.15, 0.2) is 54.6 Å². The largest absolute Gasteiger partial charge is 0.365 e. The molecule has 1 atom stereocenters. The van der Waals surface area contributed by atoms with Gasteiger partial charge in [0, 0.05) is 9.26 Å². The number of rotatable bonds is 3. The molecule has 0 saturated carbocycles. The van der Waals surface area contributed by atoms with Crippen molar-refractivity contribution in [3.8, 4) is 0 Å². The Morgan fingerprint density at radius 1 is 1.00 bits per heavy atom. The fourth-order valence-electron chi connectivity index (χ4n) is 2.01. The van der Waals surface area contributed by atoms with Crippen molar-refractivity contribution in [2.45, 2.75) is 5.37 Å². The molecule has 6 heteroatoms. The van der Waals surface area contributed by atoms with Crippen LogP contribution in [0.2, 0.25) is 0 Å². The zero-order valence-corrected chi connectivity index (χ0v) is 13.8. The molecule has 0 radical (unpaired) electrons. The van der Waals surface area contributed by atoms with Gasteiger partial charge in [-0.05, 0) is 70.8 Å². The summed E-state index contributed by atoms with van der Waals surface area (Å²) in [5, 5.41) is 2.25. The Balaban J connectivity index is 1.79. The van der Waals surface area contributed by atoms with E-state index in [-0.39, 0.29) is 11.1 Å². The molecule has 0 aromatic heterocycles. The molecule has 1 fully saturated rings. The van der Waals surface area contributed by atoms with E-state index in [1.54, 1.807) is 24.3 Å². The van der Waals surface area contributed by atoms with E-state index in [2.05, 4.69) is 27.9 Å². The zero-order valence-electron chi connectivity index (χ0n) is 10.8. The lowest BCUT2D eigenvalue weighted by atomic mass is 10.3. The molecule has 1 saturated heterocycles. The van der Waals surface area contributed by atoms with Crippen LogP contribution >= 0.6 is 34.4 Å². The monoisotopic (exact) mass is 410 g/mol. The van der Waals surface area contributed by atoms with Crippen LogP contribution in [-0.2, 0) is 4.79 Å². The Morgan fingerprint density at radius 3 is 2.33 bits per heavy atom. The van der Waals surface area contributed by atoms with Gasteiger partial charge < -0.3 is 5.32 Å². The molecular weight excluding hydrogens is 399 g/mol. The van der Waals surface area contributed by atoms with Crippen molar-refractivity contribution in [2.75, 3.05) is 10.2 Å². The minimum absolute atomic E-state index is 0.241. The smallest absolute Gasteiger partial charge is 0.295 e. The second-order valence-corrected chi connectivity index (χ2v) is 6.73. The van der Waals surface area contributed by atoms with Gasteiger partial charge in [0.15, 0.2) is 5.37 Å². The fraction of sp³-hybridized carbons (Fsp3) is 0.0667. The number of hydrogen-bond acceptors (Lipinski definition) is 4. The van der Waals surface area contributed by atoms with Crippen molar-refractivity contribution in [1.29, 1.82) is 0 Å². The van der Waals surface area contributed by atoms with Gasteiger partial charge in [0.1, 0.15) is 0 Å². The standard InChI is InChI=1S/C15H11IN2O2S/c16-10-6-8-11(9-7-10)17-13-14(19)18(15(20)21-13)12-4-2-1-3-5-12/h1-9,13,17H/t13-/m1/s1. The third-order valence-electron chi connectivity index (χ3n) is 3.00. The summed E-state index contributed by atoms with van der Waals surface area (Å²) in [6.07, 6.45) is 0. The van der Waals surface area contributed by atoms with Gasteiger partial charge in [-0.2, -0.15) is 0 Å². The summed E-state index contributed by atoms with van der Waals surface area (Å²) in [4.78, 5) is 25.7. The number of thioether (sulfide) groups is 1. The number of nitrogens with zero attached hydrogens (tertiary/aromatic N) is 1. The van der Waals surface area contributed by atoms with E-state index >= 15 is 0 Å². The van der Waals surface area contributed by atoms with Gasteiger partial charge in [-0.25, -0.2) is 4.90 Å². The van der Waals surface area contributed by atoms with E-state index in [1.165, 1.54) is 4.90 Å². The maximum absolute atomic E-state index is 12.4. The minimum atomic E-state index is -0.585. The number of amides is 2. The number of carbonyl (C=O) groups is 2. The SMILES string of the molecule is O=C1S[C@@H](Nc2ccc(I)cc2)C(=O)N1c1ccccc1. The summed E-state index contributed by atoms with van der Waals surface area (Å²) < 4.78 is 1.12. The summed E-state index contributed by atoms with van der Waals surface area (Å²) >= 11 is 3.22. The van der Waals surface area contributed by atoms with E-state index in [4.69, 9.17) is 0 Å². The van der Waals surface area contributed by atoms with Gasteiger partial charge in [-0.1, -0.05) is 18.2 Å². The topological polar surface area (TPSA) is 49.4 Å². The number of carbonyl (C=O) groups excluding carboxylic acids is 2. The highest BCUT2D eigenvalue weighted by Gasteiger charge is 2.40. The maximum Gasteiger partial charge on any atom is 0.295 e. The predicted octanol–water partition coefficient (Wildman–Crippen LogP) is 3.93. The van der Waals surface area contributed by atoms with Crippen LogP contribution in [0.1, 0.15) is 0 Å². The Bertz CT molecular complexity index is 676. The van der Waals surface area contributed by atoms with Crippen LogP contribution in [-0.4, -0.2) is 16.5 Å².